The summed E-state index contributed by atoms with van der Waals surface area (Å²) in [6.45, 7) is 0. The van der Waals surface area contributed by atoms with Crippen LogP contribution in [-0.2, 0) is 0 Å². The number of nitrogens with one attached hydrogen (secondary N) is 1. The Labute approximate surface area is 117 Å². The van der Waals surface area contributed by atoms with E-state index in [1.807, 2.05) is 40.4 Å². The zero-order valence-electron chi connectivity index (χ0n) is 10.0. The number of carbonyl (C=O) groups excluding carboxylic acids is 1. The highest BCUT2D eigenvalue weighted by molar-refractivity contribution is 7.98. The van der Waals surface area contributed by atoms with Gasteiger partial charge in [0.1, 0.15) is 0 Å². The molecule has 5 nitrogen and oxygen atoms in total. The fourth-order valence-electron chi connectivity index (χ4n) is 1.76. The molecule has 0 aliphatic carbocycles. The van der Waals surface area contributed by atoms with Crippen LogP contribution in [0, 0.1) is 0 Å². The molecule has 96 valence electrons. The van der Waals surface area contributed by atoms with E-state index in [9.17, 15) is 4.79 Å². The highest BCUT2D eigenvalue weighted by Crippen LogP contribution is 2.21. The van der Waals surface area contributed by atoms with Gasteiger partial charge in [0.2, 0.25) is 0 Å². The van der Waals surface area contributed by atoms with Gasteiger partial charge < -0.3 is 0 Å². The maximum Gasteiger partial charge on any atom is 0.278 e. The average molecular weight is 290 g/mol. The van der Waals surface area contributed by atoms with E-state index in [0.717, 1.165) is 10.7 Å². The minimum atomic E-state index is -0.237. The van der Waals surface area contributed by atoms with Gasteiger partial charge in [-0.1, -0.05) is 17.8 Å². The number of fused-ring (bicyclic) bond motifs is 1. The number of hydrogen-bond donors (Lipinski definition) is 1. The molecule has 19 heavy (non-hydrogen) atoms. The first-order valence-corrected chi connectivity index (χ1v) is 7.62. The third kappa shape index (κ3) is 2.22. The Morgan fingerprint density at radius 1 is 1.47 bits per heavy atom. The van der Waals surface area contributed by atoms with Crippen LogP contribution in [0.1, 0.15) is 10.5 Å². The largest absolute Gasteiger partial charge is 0.296 e. The molecule has 1 amide bonds. The van der Waals surface area contributed by atoms with Crippen molar-refractivity contribution in [3.63, 3.8) is 0 Å². The Morgan fingerprint density at radius 3 is 3.11 bits per heavy atom. The number of carbonyl (C=O) groups is 1. The van der Waals surface area contributed by atoms with Gasteiger partial charge in [0, 0.05) is 17.8 Å². The third-order valence-corrected chi connectivity index (χ3v) is 3.91. The summed E-state index contributed by atoms with van der Waals surface area (Å²) in [6, 6.07) is 5.68. The molecule has 1 N–H and O–H groups in total. The summed E-state index contributed by atoms with van der Waals surface area (Å²) in [5, 5.41) is 5.93. The lowest BCUT2D eigenvalue weighted by atomic mass is 10.3. The number of thioether (sulfide) groups is 1. The van der Waals surface area contributed by atoms with Crippen LogP contribution < -0.4 is 5.32 Å². The van der Waals surface area contributed by atoms with Crippen molar-refractivity contribution in [2.75, 3.05) is 11.6 Å². The van der Waals surface area contributed by atoms with Gasteiger partial charge >= 0.3 is 0 Å². The SMILES string of the molecule is CSc1nc(C(=O)Nc2nccs2)c2ccccn12. The summed E-state index contributed by atoms with van der Waals surface area (Å²) in [4.78, 5) is 20.6. The molecule has 0 fully saturated rings. The lowest BCUT2D eigenvalue weighted by Crippen LogP contribution is -2.12. The first kappa shape index (κ1) is 12.2. The second kappa shape index (κ2) is 5.02. The molecule has 0 aliphatic heterocycles. The summed E-state index contributed by atoms with van der Waals surface area (Å²) >= 11 is 2.88. The number of amides is 1. The smallest absolute Gasteiger partial charge is 0.278 e. The Morgan fingerprint density at radius 2 is 2.37 bits per heavy atom. The van der Waals surface area contributed by atoms with Crippen LogP contribution in [-0.4, -0.2) is 26.5 Å². The van der Waals surface area contributed by atoms with Crippen molar-refractivity contribution in [2.24, 2.45) is 0 Å². The van der Waals surface area contributed by atoms with Crippen molar-refractivity contribution in [1.29, 1.82) is 0 Å². The van der Waals surface area contributed by atoms with Gasteiger partial charge in [0.15, 0.2) is 16.0 Å². The van der Waals surface area contributed by atoms with Crippen LogP contribution in [0.3, 0.4) is 0 Å². The molecular weight excluding hydrogens is 280 g/mol. The molecule has 7 heteroatoms. The molecule has 3 rings (SSSR count). The van der Waals surface area contributed by atoms with Crippen molar-refractivity contribution in [3.05, 3.63) is 41.7 Å². The van der Waals surface area contributed by atoms with Crippen LogP contribution in [0.15, 0.2) is 41.1 Å². The third-order valence-electron chi connectivity index (χ3n) is 2.57. The Balaban J connectivity index is 2.02. The fourth-order valence-corrected chi connectivity index (χ4v) is 2.82. The van der Waals surface area contributed by atoms with Gasteiger partial charge in [-0.2, -0.15) is 0 Å². The summed E-state index contributed by atoms with van der Waals surface area (Å²) in [6.07, 6.45) is 5.48. The van der Waals surface area contributed by atoms with E-state index in [2.05, 4.69) is 15.3 Å². The van der Waals surface area contributed by atoms with E-state index in [0.29, 0.717) is 10.8 Å². The van der Waals surface area contributed by atoms with Crippen LogP contribution in [0.2, 0.25) is 0 Å². The van der Waals surface area contributed by atoms with Crippen molar-refractivity contribution in [2.45, 2.75) is 5.16 Å². The van der Waals surface area contributed by atoms with Crippen LogP contribution in [0.4, 0.5) is 5.13 Å². The van der Waals surface area contributed by atoms with Crippen LogP contribution >= 0.6 is 23.1 Å². The van der Waals surface area contributed by atoms with E-state index < -0.39 is 0 Å². The van der Waals surface area contributed by atoms with Crippen LogP contribution in [0.25, 0.3) is 5.52 Å². The second-order valence-electron chi connectivity index (χ2n) is 3.69. The first-order chi connectivity index (χ1) is 9.29. The number of hydrogen-bond acceptors (Lipinski definition) is 5. The second-order valence-corrected chi connectivity index (χ2v) is 5.36. The molecular formula is C12H10N4OS2. The van der Waals surface area contributed by atoms with E-state index in [-0.39, 0.29) is 5.91 Å². The molecule has 3 aromatic heterocycles. The Bertz CT molecular complexity index is 720. The summed E-state index contributed by atoms with van der Waals surface area (Å²) in [5.74, 6) is -0.237. The molecule has 0 unspecified atom stereocenters. The van der Waals surface area contributed by atoms with Gasteiger partial charge in [-0.05, 0) is 18.4 Å². The van der Waals surface area contributed by atoms with E-state index in [1.165, 1.54) is 23.1 Å². The van der Waals surface area contributed by atoms with E-state index in [4.69, 9.17) is 0 Å². The zero-order chi connectivity index (χ0) is 13.2. The number of aromatic nitrogens is 3. The van der Waals surface area contributed by atoms with Gasteiger partial charge in [-0.15, -0.1) is 11.3 Å². The number of imidazole rings is 1. The zero-order valence-corrected chi connectivity index (χ0v) is 11.7. The molecule has 3 aromatic rings. The monoisotopic (exact) mass is 290 g/mol. The van der Waals surface area contributed by atoms with Gasteiger partial charge in [-0.25, -0.2) is 9.97 Å². The predicted molar refractivity (Wildman–Crippen MR) is 77.0 cm³/mol. The minimum absolute atomic E-state index is 0.237. The number of rotatable bonds is 3. The quantitative estimate of drug-likeness (QED) is 0.754. The Kier molecular flexibility index (Phi) is 3.22. The van der Waals surface area contributed by atoms with Gasteiger partial charge in [-0.3, -0.25) is 14.5 Å². The first-order valence-electron chi connectivity index (χ1n) is 5.51. The summed E-state index contributed by atoms with van der Waals surface area (Å²) in [5.41, 5.74) is 1.21. The topological polar surface area (TPSA) is 59.3 Å². The predicted octanol–water partition coefficient (Wildman–Crippen LogP) is 2.77. The van der Waals surface area contributed by atoms with Crippen molar-refractivity contribution >= 4 is 39.7 Å². The van der Waals surface area contributed by atoms with Crippen molar-refractivity contribution in [1.82, 2.24) is 14.4 Å². The maximum atomic E-state index is 12.2. The molecule has 0 atom stereocenters. The number of thiazole rings is 1. The molecule has 0 aromatic carbocycles. The van der Waals surface area contributed by atoms with Gasteiger partial charge in [0.05, 0.1) is 5.52 Å². The number of pyridine rings is 1. The fraction of sp³-hybridized carbons (Fsp3) is 0.0833. The minimum Gasteiger partial charge on any atom is -0.296 e. The number of anilines is 1. The standard InChI is InChI=1S/C12H10N4OS2/c1-18-12-14-9(8-4-2-3-6-16(8)12)10(17)15-11-13-5-7-19-11/h2-7H,1H3,(H,13,15,17). The molecule has 0 spiro atoms. The molecule has 0 saturated heterocycles. The van der Waals surface area contributed by atoms with E-state index in [1.54, 1.807) is 6.20 Å². The normalized spacial score (nSPS) is 10.8. The lowest BCUT2D eigenvalue weighted by Gasteiger charge is -1.99. The average Bonchev–Trinajstić information content (AvgIpc) is 3.05. The summed E-state index contributed by atoms with van der Waals surface area (Å²) in [7, 11) is 0. The van der Waals surface area contributed by atoms with Crippen molar-refractivity contribution in [3.8, 4) is 0 Å². The molecule has 0 radical (unpaired) electrons. The highest BCUT2D eigenvalue weighted by Gasteiger charge is 2.17. The van der Waals surface area contributed by atoms with Gasteiger partial charge in [0.25, 0.3) is 5.91 Å². The molecule has 0 saturated carbocycles. The maximum absolute atomic E-state index is 12.2. The van der Waals surface area contributed by atoms with Crippen LogP contribution in [0.5, 0.6) is 0 Å². The highest BCUT2D eigenvalue weighted by atomic mass is 32.2. The molecule has 0 bridgehead atoms. The Hall–Kier alpha value is -1.86. The molecule has 0 aliphatic rings. The molecule has 3 heterocycles. The van der Waals surface area contributed by atoms with Crippen molar-refractivity contribution < 1.29 is 4.79 Å². The lowest BCUT2D eigenvalue weighted by molar-refractivity contribution is 0.102. The summed E-state index contributed by atoms with van der Waals surface area (Å²) < 4.78 is 1.90. The van der Waals surface area contributed by atoms with E-state index >= 15 is 0 Å². The number of nitrogens with zero attached hydrogens (tertiary/aromatic N) is 3.